The molecule has 0 aliphatic rings. The van der Waals surface area contributed by atoms with E-state index in [-0.39, 0.29) is 14.1 Å². The summed E-state index contributed by atoms with van der Waals surface area (Å²) in [7, 11) is -4.32. The quantitative estimate of drug-likeness (QED) is 0.707. The number of sulfonamides is 1. The van der Waals surface area contributed by atoms with E-state index in [1.807, 2.05) is 4.72 Å². The first-order valence-corrected chi connectivity index (χ1v) is 9.43. The minimum Gasteiger partial charge on any atom is -0.395 e. The Hall–Kier alpha value is -1.20. The molecule has 0 amide bonds. The van der Waals surface area contributed by atoms with E-state index in [2.05, 4.69) is 0 Å². The minimum atomic E-state index is -4.87. The van der Waals surface area contributed by atoms with Gasteiger partial charge in [0.2, 0.25) is 10.0 Å². The summed E-state index contributed by atoms with van der Waals surface area (Å²) in [6, 6.07) is 3.99. The lowest BCUT2D eigenvalue weighted by atomic mass is 9.91. The zero-order valence-electron chi connectivity index (χ0n) is 12.3. The van der Waals surface area contributed by atoms with Crippen molar-refractivity contribution in [3.8, 4) is 0 Å². The van der Waals surface area contributed by atoms with Gasteiger partial charge in [0.1, 0.15) is 10.0 Å². The SMILES string of the molecule is O=S(=O)(NC(CO)C(c1ccc(F)cc1)C(F)(F)F)c1ccc(Cl)s1. The Bertz CT molecular complexity index is 821. The van der Waals surface area contributed by atoms with Crippen molar-refractivity contribution < 1.29 is 31.1 Å². The first kappa shape index (κ1) is 20.1. The fraction of sp³-hybridized carbons (Fsp3) is 0.286. The van der Waals surface area contributed by atoms with Gasteiger partial charge in [0.25, 0.3) is 0 Å². The predicted molar refractivity (Wildman–Crippen MR) is 85.7 cm³/mol. The van der Waals surface area contributed by atoms with Crippen LogP contribution in [0.4, 0.5) is 17.6 Å². The standard InChI is InChI=1S/C14H12ClF4NO3S2/c15-11-5-6-12(24-11)25(22,23)20-10(7-21)13(14(17,18)19)8-1-3-9(16)4-2-8/h1-6,10,13,20-21H,7H2. The molecule has 0 aliphatic carbocycles. The van der Waals surface area contributed by atoms with Gasteiger partial charge in [0.05, 0.1) is 22.9 Å². The van der Waals surface area contributed by atoms with Crippen LogP contribution in [0.5, 0.6) is 0 Å². The van der Waals surface area contributed by atoms with Crippen molar-refractivity contribution in [2.45, 2.75) is 22.3 Å². The van der Waals surface area contributed by atoms with Crippen molar-refractivity contribution in [1.82, 2.24) is 4.72 Å². The van der Waals surface area contributed by atoms with Crippen LogP contribution in [0.2, 0.25) is 4.34 Å². The molecule has 0 aliphatic heterocycles. The molecule has 0 saturated heterocycles. The lowest BCUT2D eigenvalue weighted by Gasteiger charge is -2.28. The maximum atomic E-state index is 13.5. The number of hydrogen-bond acceptors (Lipinski definition) is 4. The van der Waals surface area contributed by atoms with Crippen LogP contribution in [0, 0.1) is 5.82 Å². The number of halogens is 5. The number of aliphatic hydroxyl groups is 1. The average molecular weight is 418 g/mol. The highest BCUT2D eigenvalue weighted by atomic mass is 35.5. The third kappa shape index (κ3) is 4.91. The fourth-order valence-electron chi connectivity index (χ4n) is 2.23. The van der Waals surface area contributed by atoms with Crippen LogP contribution >= 0.6 is 22.9 Å². The van der Waals surface area contributed by atoms with Gasteiger partial charge in [0, 0.05) is 0 Å². The average Bonchev–Trinajstić information content (AvgIpc) is 2.94. The van der Waals surface area contributed by atoms with Crippen molar-refractivity contribution >= 4 is 33.0 Å². The summed E-state index contributed by atoms with van der Waals surface area (Å²) in [6.45, 7) is -1.11. The summed E-state index contributed by atoms with van der Waals surface area (Å²) < 4.78 is 79.6. The van der Waals surface area contributed by atoms with E-state index in [0.29, 0.717) is 11.3 Å². The highest BCUT2D eigenvalue weighted by Crippen LogP contribution is 2.38. The number of aliphatic hydroxyl groups excluding tert-OH is 1. The van der Waals surface area contributed by atoms with Gasteiger partial charge in [-0.3, -0.25) is 0 Å². The van der Waals surface area contributed by atoms with Gasteiger partial charge in [-0.1, -0.05) is 23.7 Å². The fourth-order valence-corrected chi connectivity index (χ4v) is 4.97. The summed E-state index contributed by atoms with van der Waals surface area (Å²) >= 11 is 6.31. The van der Waals surface area contributed by atoms with Gasteiger partial charge in [-0.2, -0.15) is 13.2 Å². The normalized spacial score (nSPS) is 15.1. The molecular formula is C14H12ClF4NO3S2. The summed E-state index contributed by atoms with van der Waals surface area (Å²) in [5, 5.41) is 9.37. The third-order valence-corrected chi connectivity index (χ3v) is 6.51. The maximum Gasteiger partial charge on any atom is 0.397 e. The van der Waals surface area contributed by atoms with Crippen molar-refractivity contribution in [2.75, 3.05) is 6.61 Å². The third-order valence-electron chi connectivity index (χ3n) is 3.30. The highest BCUT2D eigenvalue weighted by Gasteiger charge is 2.47. The Morgan fingerprint density at radius 3 is 2.20 bits per heavy atom. The molecule has 0 fully saturated rings. The Morgan fingerprint density at radius 1 is 1.16 bits per heavy atom. The molecule has 2 unspecified atom stereocenters. The second-order valence-corrected chi connectivity index (χ2v) is 8.70. The molecular weight excluding hydrogens is 406 g/mol. The topological polar surface area (TPSA) is 66.4 Å². The lowest BCUT2D eigenvalue weighted by molar-refractivity contribution is -0.158. The number of rotatable bonds is 6. The molecule has 11 heteroatoms. The van der Waals surface area contributed by atoms with E-state index in [1.54, 1.807) is 0 Å². The molecule has 1 aromatic heterocycles. The Kier molecular flexibility index (Phi) is 6.10. The van der Waals surface area contributed by atoms with Crippen LogP contribution < -0.4 is 4.72 Å². The predicted octanol–water partition coefficient (Wildman–Crippen LogP) is 3.53. The Morgan fingerprint density at radius 2 is 1.76 bits per heavy atom. The van der Waals surface area contributed by atoms with E-state index in [0.717, 1.165) is 30.3 Å². The summed E-state index contributed by atoms with van der Waals surface area (Å²) in [5.74, 6) is -3.10. The second-order valence-electron chi connectivity index (χ2n) is 5.04. The molecule has 1 aromatic carbocycles. The smallest absolute Gasteiger partial charge is 0.395 e. The van der Waals surface area contributed by atoms with Crippen LogP contribution in [-0.4, -0.2) is 32.3 Å². The van der Waals surface area contributed by atoms with Crippen LogP contribution in [0.1, 0.15) is 11.5 Å². The molecule has 2 rings (SSSR count). The van der Waals surface area contributed by atoms with Crippen LogP contribution in [0.25, 0.3) is 0 Å². The van der Waals surface area contributed by atoms with Gasteiger partial charge < -0.3 is 5.11 Å². The maximum absolute atomic E-state index is 13.5. The Balaban J connectivity index is 2.38. The zero-order valence-corrected chi connectivity index (χ0v) is 14.7. The van der Waals surface area contributed by atoms with Crippen molar-refractivity contribution in [2.24, 2.45) is 0 Å². The largest absolute Gasteiger partial charge is 0.397 e. The summed E-state index contributed by atoms with van der Waals surface area (Å²) in [6.07, 6.45) is -4.87. The zero-order chi connectivity index (χ0) is 18.8. The first-order valence-electron chi connectivity index (χ1n) is 6.75. The van der Waals surface area contributed by atoms with Gasteiger partial charge in [-0.05, 0) is 29.8 Å². The van der Waals surface area contributed by atoms with Crippen LogP contribution in [-0.2, 0) is 10.0 Å². The van der Waals surface area contributed by atoms with E-state index in [9.17, 15) is 31.1 Å². The second kappa shape index (κ2) is 7.58. The van der Waals surface area contributed by atoms with E-state index >= 15 is 0 Å². The summed E-state index contributed by atoms with van der Waals surface area (Å²) in [5.41, 5.74) is -0.375. The van der Waals surface area contributed by atoms with Gasteiger partial charge in [0.15, 0.2) is 0 Å². The molecule has 2 aromatic rings. The number of hydrogen-bond donors (Lipinski definition) is 2. The monoisotopic (exact) mass is 417 g/mol. The molecule has 0 radical (unpaired) electrons. The number of thiophene rings is 1. The molecule has 138 valence electrons. The van der Waals surface area contributed by atoms with E-state index in [4.69, 9.17) is 11.6 Å². The highest BCUT2D eigenvalue weighted by molar-refractivity contribution is 7.91. The Labute approximate surface area is 150 Å². The molecule has 0 bridgehead atoms. The van der Waals surface area contributed by atoms with Gasteiger partial charge in [-0.25, -0.2) is 17.5 Å². The van der Waals surface area contributed by atoms with E-state index < -0.39 is 40.6 Å². The van der Waals surface area contributed by atoms with Crippen LogP contribution in [0.3, 0.4) is 0 Å². The molecule has 1 heterocycles. The molecule has 0 spiro atoms. The van der Waals surface area contributed by atoms with Crippen molar-refractivity contribution in [1.29, 1.82) is 0 Å². The lowest BCUT2D eigenvalue weighted by Crippen LogP contribution is -2.46. The van der Waals surface area contributed by atoms with Crippen molar-refractivity contribution in [3.63, 3.8) is 0 Å². The van der Waals surface area contributed by atoms with Gasteiger partial charge >= 0.3 is 6.18 Å². The van der Waals surface area contributed by atoms with Gasteiger partial charge in [-0.15, -0.1) is 11.3 Å². The number of alkyl halides is 3. The van der Waals surface area contributed by atoms with Crippen LogP contribution in [0.15, 0.2) is 40.6 Å². The van der Waals surface area contributed by atoms with Crippen molar-refractivity contribution in [3.05, 3.63) is 52.1 Å². The van der Waals surface area contributed by atoms with E-state index in [1.165, 1.54) is 6.07 Å². The first-order chi connectivity index (χ1) is 11.5. The molecule has 25 heavy (non-hydrogen) atoms. The molecule has 0 saturated carbocycles. The molecule has 2 atom stereocenters. The molecule has 2 N–H and O–H groups in total. The molecule has 4 nitrogen and oxygen atoms in total. The number of nitrogens with one attached hydrogen (secondary N) is 1. The number of benzene rings is 1. The summed E-state index contributed by atoms with van der Waals surface area (Å²) in [4.78, 5) is 0. The minimum absolute atomic E-state index is 0.145.